The molecule has 0 unspecified atom stereocenters. The molecule has 2 aromatic rings. The first-order valence-electron chi connectivity index (χ1n) is 5.18. The summed E-state index contributed by atoms with van der Waals surface area (Å²) in [4.78, 5) is 0. The fourth-order valence-corrected chi connectivity index (χ4v) is 2.10. The quantitative estimate of drug-likeness (QED) is 0.855. The van der Waals surface area contributed by atoms with Gasteiger partial charge in [-0.15, -0.1) is 11.8 Å². The number of aromatic nitrogens is 2. The highest BCUT2D eigenvalue weighted by Gasteiger charge is 2.15. The lowest BCUT2D eigenvalue weighted by Gasteiger charge is -2.05. The lowest BCUT2D eigenvalue weighted by molar-refractivity contribution is 0.414. The van der Waals surface area contributed by atoms with Crippen molar-refractivity contribution in [2.75, 3.05) is 19.1 Å². The fourth-order valence-electron chi connectivity index (χ4n) is 1.58. The summed E-state index contributed by atoms with van der Waals surface area (Å²) in [5.41, 5.74) is 7.14. The van der Waals surface area contributed by atoms with Crippen LogP contribution in [0.2, 0.25) is 0 Å². The van der Waals surface area contributed by atoms with E-state index in [9.17, 15) is 0 Å². The van der Waals surface area contributed by atoms with Gasteiger partial charge in [0.1, 0.15) is 28.2 Å². The van der Waals surface area contributed by atoms with E-state index in [0.717, 1.165) is 11.4 Å². The second-order valence-electron chi connectivity index (χ2n) is 3.49. The average Bonchev–Trinajstić information content (AvgIpc) is 2.75. The molecule has 0 fully saturated rings. The normalized spacial score (nSPS) is 10.1. The molecule has 0 bridgehead atoms. The van der Waals surface area contributed by atoms with E-state index in [1.165, 1.54) is 11.8 Å². The van der Waals surface area contributed by atoms with Gasteiger partial charge in [-0.2, -0.15) is 10.4 Å². The van der Waals surface area contributed by atoms with Crippen molar-refractivity contribution in [1.82, 2.24) is 9.78 Å². The van der Waals surface area contributed by atoms with Crippen LogP contribution in [0.5, 0.6) is 5.75 Å². The summed E-state index contributed by atoms with van der Waals surface area (Å²) in [6, 6.07) is 9.40. The van der Waals surface area contributed by atoms with Gasteiger partial charge in [-0.05, 0) is 30.5 Å². The monoisotopic (exact) mass is 260 g/mol. The molecule has 92 valence electrons. The Morgan fingerprint density at radius 1 is 1.39 bits per heavy atom. The van der Waals surface area contributed by atoms with Gasteiger partial charge in [0.05, 0.1) is 12.8 Å². The molecule has 0 saturated carbocycles. The summed E-state index contributed by atoms with van der Waals surface area (Å²) < 4.78 is 6.65. The maximum absolute atomic E-state index is 9.06. The van der Waals surface area contributed by atoms with Crippen LogP contribution < -0.4 is 10.5 Å². The van der Waals surface area contributed by atoms with Gasteiger partial charge in [0.2, 0.25) is 0 Å². The fraction of sp³-hybridized carbons (Fsp3) is 0.167. The summed E-state index contributed by atoms with van der Waals surface area (Å²) >= 11 is 1.40. The number of ether oxygens (including phenoxy) is 1. The highest BCUT2D eigenvalue weighted by atomic mass is 32.2. The number of rotatable bonds is 3. The van der Waals surface area contributed by atoms with Crippen LogP contribution >= 0.6 is 11.8 Å². The zero-order valence-electron chi connectivity index (χ0n) is 10.0. The molecule has 0 atom stereocenters. The smallest absolute Gasteiger partial charge is 0.146 e. The van der Waals surface area contributed by atoms with Crippen molar-refractivity contribution in [1.29, 1.82) is 5.26 Å². The second kappa shape index (κ2) is 5.02. The molecule has 2 N–H and O–H groups in total. The predicted molar refractivity (Wildman–Crippen MR) is 71.0 cm³/mol. The van der Waals surface area contributed by atoms with Crippen LogP contribution in [0.1, 0.15) is 5.56 Å². The third kappa shape index (κ3) is 2.00. The molecular formula is C12H12N4OS. The Bertz CT molecular complexity index is 598. The molecule has 18 heavy (non-hydrogen) atoms. The first-order valence-corrected chi connectivity index (χ1v) is 6.40. The van der Waals surface area contributed by atoms with Crippen LogP contribution in [0, 0.1) is 11.3 Å². The minimum absolute atomic E-state index is 0.354. The number of methoxy groups -OCH3 is 1. The van der Waals surface area contributed by atoms with E-state index in [0.29, 0.717) is 16.4 Å². The van der Waals surface area contributed by atoms with Crippen molar-refractivity contribution in [2.45, 2.75) is 5.03 Å². The highest BCUT2D eigenvalue weighted by molar-refractivity contribution is 7.98. The number of anilines is 1. The van der Waals surface area contributed by atoms with Crippen LogP contribution in [0.25, 0.3) is 5.69 Å². The van der Waals surface area contributed by atoms with Gasteiger partial charge in [0.15, 0.2) is 0 Å². The summed E-state index contributed by atoms with van der Waals surface area (Å²) in [6.07, 6.45) is 1.86. The Morgan fingerprint density at radius 2 is 2.06 bits per heavy atom. The molecule has 0 saturated heterocycles. The molecule has 0 radical (unpaired) electrons. The standard InChI is InChI=1S/C12H12N4OS/c1-17-9-5-3-8(4-6-9)16-11(14)10(7-13)12(15-16)18-2/h3-6H,14H2,1-2H3. The van der Waals surface area contributed by atoms with Crippen molar-refractivity contribution >= 4 is 17.6 Å². The van der Waals surface area contributed by atoms with Gasteiger partial charge in [-0.25, -0.2) is 4.68 Å². The van der Waals surface area contributed by atoms with Gasteiger partial charge in [0, 0.05) is 0 Å². The number of nitrogens with two attached hydrogens (primary N) is 1. The van der Waals surface area contributed by atoms with E-state index in [1.807, 2.05) is 30.5 Å². The van der Waals surface area contributed by atoms with Gasteiger partial charge in [-0.1, -0.05) is 0 Å². The minimum atomic E-state index is 0.354. The Balaban J connectivity index is 2.50. The lowest BCUT2D eigenvalue weighted by Crippen LogP contribution is -2.02. The van der Waals surface area contributed by atoms with Crippen LogP contribution in [0.15, 0.2) is 29.3 Å². The van der Waals surface area contributed by atoms with Crippen molar-refractivity contribution in [2.24, 2.45) is 0 Å². The van der Waals surface area contributed by atoms with E-state index in [4.69, 9.17) is 15.7 Å². The number of hydrogen-bond acceptors (Lipinski definition) is 5. The summed E-state index contributed by atoms with van der Waals surface area (Å²) in [5.74, 6) is 1.11. The third-order valence-corrected chi connectivity index (χ3v) is 3.18. The Kier molecular flexibility index (Phi) is 3.44. The van der Waals surface area contributed by atoms with E-state index in [1.54, 1.807) is 11.8 Å². The molecule has 0 spiro atoms. The lowest BCUT2D eigenvalue weighted by atomic mass is 10.3. The molecule has 1 aromatic carbocycles. The number of thioether (sulfide) groups is 1. The van der Waals surface area contributed by atoms with Crippen LogP contribution in [-0.2, 0) is 0 Å². The van der Waals surface area contributed by atoms with Crippen LogP contribution in [0.3, 0.4) is 0 Å². The molecule has 6 heteroatoms. The summed E-state index contributed by atoms with van der Waals surface area (Å²) in [7, 11) is 1.61. The van der Waals surface area contributed by atoms with Crippen molar-refractivity contribution in [3.8, 4) is 17.5 Å². The van der Waals surface area contributed by atoms with Crippen LogP contribution in [-0.4, -0.2) is 23.1 Å². The topological polar surface area (TPSA) is 76.9 Å². The van der Waals surface area contributed by atoms with Gasteiger partial charge < -0.3 is 10.5 Å². The van der Waals surface area contributed by atoms with Gasteiger partial charge in [-0.3, -0.25) is 0 Å². The van der Waals surface area contributed by atoms with Crippen molar-refractivity contribution in [3.63, 3.8) is 0 Å². The predicted octanol–water partition coefficient (Wildman–Crippen LogP) is 2.06. The molecule has 1 heterocycles. The molecule has 0 aliphatic rings. The number of nitriles is 1. The zero-order valence-corrected chi connectivity index (χ0v) is 10.9. The Labute approximate surface area is 109 Å². The third-order valence-electron chi connectivity index (χ3n) is 2.51. The Morgan fingerprint density at radius 3 is 2.50 bits per heavy atom. The molecule has 0 aliphatic heterocycles. The first-order chi connectivity index (χ1) is 8.71. The minimum Gasteiger partial charge on any atom is -0.497 e. The molecule has 0 amide bonds. The van der Waals surface area contributed by atoms with Crippen LogP contribution in [0.4, 0.5) is 5.82 Å². The summed E-state index contributed by atoms with van der Waals surface area (Å²) in [5, 5.41) is 14.0. The molecule has 2 rings (SSSR count). The number of hydrogen-bond donors (Lipinski definition) is 1. The van der Waals surface area contributed by atoms with Gasteiger partial charge >= 0.3 is 0 Å². The molecule has 0 aliphatic carbocycles. The molecular weight excluding hydrogens is 248 g/mol. The van der Waals surface area contributed by atoms with Crippen molar-refractivity contribution < 1.29 is 4.74 Å². The van der Waals surface area contributed by atoms with E-state index in [2.05, 4.69) is 11.2 Å². The number of nitrogens with zero attached hydrogens (tertiary/aromatic N) is 3. The van der Waals surface area contributed by atoms with Crippen molar-refractivity contribution in [3.05, 3.63) is 29.8 Å². The van der Waals surface area contributed by atoms with E-state index < -0.39 is 0 Å². The maximum atomic E-state index is 9.06. The zero-order chi connectivity index (χ0) is 13.1. The highest BCUT2D eigenvalue weighted by Crippen LogP contribution is 2.26. The number of nitrogen functional groups attached to an aromatic ring is 1. The molecule has 1 aromatic heterocycles. The second-order valence-corrected chi connectivity index (χ2v) is 4.29. The molecule has 5 nitrogen and oxygen atoms in total. The largest absolute Gasteiger partial charge is 0.497 e. The van der Waals surface area contributed by atoms with E-state index >= 15 is 0 Å². The SMILES string of the molecule is COc1ccc(-n2nc(SC)c(C#N)c2N)cc1. The Hall–Kier alpha value is -2.13. The first kappa shape index (κ1) is 12.3. The summed E-state index contributed by atoms with van der Waals surface area (Å²) in [6.45, 7) is 0. The average molecular weight is 260 g/mol. The van der Waals surface area contributed by atoms with E-state index in [-0.39, 0.29) is 0 Å². The van der Waals surface area contributed by atoms with Gasteiger partial charge in [0.25, 0.3) is 0 Å². The maximum Gasteiger partial charge on any atom is 0.146 e. The number of benzene rings is 1.